The van der Waals surface area contributed by atoms with Crippen molar-refractivity contribution in [3.05, 3.63) is 48.6 Å². The van der Waals surface area contributed by atoms with Gasteiger partial charge in [0, 0.05) is 13.5 Å². The molecule has 0 bridgehead atoms. The molecule has 3 atom stereocenters. The highest BCUT2D eigenvalue weighted by atomic mass is 16.9. The molecule has 292 valence electrons. The summed E-state index contributed by atoms with van der Waals surface area (Å²) in [4.78, 5) is 2.20. The summed E-state index contributed by atoms with van der Waals surface area (Å²) < 4.78 is 18.6. The standard InChI is InChI=1S/C46H85NO3/c1-6-8-10-12-14-16-18-20-22-24-26-28-30-32-34-36-38-44(42-48-46(3)49-43-45(50-46)40-41-47(4)5)39-37-35-33-31-29-27-25-23-21-19-17-15-13-11-9-7-2/h14,16-17,19-20,22-23,25,44-45H,6-13,15,18,21,24,26-43H2,1-5H3/b16-14-,19-17-,22-20-,25-23-. The van der Waals surface area contributed by atoms with Gasteiger partial charge in [-0.25, -0.2) is 0 Å². The van der Waals surface area contributed by atoms with Crippen LogP contribution in [0.5, 0.6) is 0 Å². The lowest BCUT2D eigenvalue weighted by Crippen LogP contribution is -2.33. The van der Waals surface area contributed by atoms with Crippen LogP contribution >= 0.6 is 0 Å². The summed E-state index contributed by atoms with van der Waals surface area (Å²) in [6, 6.07) is 0. The summed E-state index contributed by atoms with van der Waals surface area (Å²) in [7, 11) is 4.22. The number of nitrogens with zero attached hydrogens (tertiary/aromatic N) is 1. The Kier molecular flexibility index (Phi) is 32.6. The first kappa shape index (κ1) is 46.8. The lowest BCUT2D eigenvalue weighted by molar-refractivity contribution is -0.329. The summed E-state index contributed by atoms with van der Waals surface area (Å²) in [6.07, 6.45) is 53.8. The zero-order valence-corrected chi connectivity index (χ0v) is 34.2. The average Bonchev–Trinajstić information content (AvgIpc) is 3.49. The van der Waals surface area contributed by atoms with Crippen LogP contribution in [0.3, 0.4) is 0 Å². The van der Waals surface area contributed by atoms with Crippen LogP contribution in [0.4, 0.5) is 0 Å². The Morgan fingerprint density at radius 3 is 1.50 bits per heavy atom. The first-order valence-corrected chi connectivity index (χ1v) is 21.7. The fourth-order valence-electron chi connectivity index (χ4n) is 6.66. The van der Waals surface area contributed by atoms with E-state index in [1.54, 1.807) is 0 Å². The van der Waals surface area contributed by atoms with E-state index in [-0.39, 0.29) is 6.10 Å². The molecule has 4 heteroatoms. The van der Waals surface area contributed by atoms with Crippen molar-refractivity contribution >= 4 is 0 Å². The Morgan fingerprint density at radius 2 is 1.02 bits per heavy atom. The number of hydrogen-bond donors (Lipinski definition) is 0. The van der Waals surface area contributed by atoms with Crippen LogP contribution in [0.2, 0.25) is 0 Å². The lowest BCUT2D eigenvalue weighted by atomic mass is 9.94. The molecule has 1 rings (SSSR count). The predicted octanol–water partition coefficient (Wildman–Crippen LogP) is 14.1. The van der Waals surface area contributed by atoms with Crippen LogP contribution < -0.4 is 0 Å². The van der Waals surface area contributed by atoms with E-state index in [1.165, 1.54) is 154 Å². The van der Waals surface area contributed by atoms with E-state index < -0.39 is 5.97 Å². The summed E-state index contributed by atoms with van der Waals surface area (Å²) in [5, 5.41) is 0. The Balaban J connectivity index is 2.25. The number of hydrogen-bond acceptors (Lipinski definition) is 4. The van der Waals surface area contributed by atoms with Crippen LogP contribution in [-0.2, 0) is 14.2 Å². The normalized spacial score (nSPS) is 19.1. The fourth-order valence-corrected chi connectivity index (χ4v) is 6.66. The average molecular weight is 700 g/mol. The van der Waals surface area contributed by atoms with Crippen molar-refractivity contribution in [2.45, 2.75) is 206 Å². The number of unbranched alkanes of at least 4 members (excludes halogenated alkanes) is 18. The molecule has 0 aliphatic carbocycles. The number of allylic oxidation sites excluding steroid dienone is 8. The van der Waals surface area contributed by atoms with Crippen molar-refractivity contribution in [3.63, 3.8) is 0 Å². The van der Waals surface area contributed by atoms with Gasteiger partial charge in [0.05, 0.1) is 19.3 Å². The topological polar surface area (TPSA) is 30.9 Å². The zero-order chi connectivity index (χ0) is 36.2. The Bertz CT molecular complexity index is 833. The maximum Gasteiger partial charge on any atom is 0.280 e. The van der Waals surface area contributed by atoms with Crippen molar-refractivity contribution in [1.29, 1.82) is 0 Å². The summed E-state index contributed by atoms with van der Waals surface area (Å²) in [5.41, 5.74) is 0. The molecule has 0 aromatic rings. The van der Waals surface area contributed by atoms with E-state index in [0.29, 0.717) is 12.5 Å². The van der Waals surface area contributed by atoms with Crippen molar-refractivity contribution in [1.82, 2.24) is 4.90 Å². The van der Waals surface area contributed by atoms with Crippen LogP contribution in [0.25, 0.3) is 0 Å². The molecule has 50 heavy (non-hydrogen) atoms. The van der Waals surface area contributed by atoms with E-state index >= 15 is 0 Å². The highest BCUT2D eigenvalue weighted by Crippen LogP contribution is 2.29. The van der Waals surface area contributed by atoms with Crippen LogP contribution in [0.1, 0.15) is 194 Å². The summed E-state index contributed by atoms with van der Waals surface area (Å²) in [6.45, 7) is 8.90. The first-order chi connectivity index (χ1) is 24.5. The van der Waals surface area contributed by atoms with Gasteiger partial charge in [0.2, 0.25) is 0 Å². The van der Waals surface area contributed by atoms with E-state index in [0.717, 1.165) is 32.4 Å². The molecule has 0 aromatic heterocycles. The number of ether oxygens (including phenoxy) is 3. The lowest BCUT2D eigenvalue weighted by Gasteiger charge is -2.27. The highest BCUT2D eigenvalue weighted by molar-refractivity contribution is 4.93. The van der Waals surface area contributed by atoms with Gasteiger partial charge in [0.1, 0.15) is 0 Å². The van der Waals surface area contributed by atoms with Gasteiger partial charge in [0.25, 0.3) is 5.97 Å². The molecule has 0 spiro atoms. The van der Waals surface area contributed by atoms with Gasteiger partial charge < -0.3 is 19.1 Å². The minimum absolute atomic E-state index is 0.125. The van der Waals surface area contributed by atoms with E-state index in [2.05, 4.69) is 81.5 Å². The molecule has 1 fully saturated rings. The summed E-state index contributed by atoms with van der Waals surface area (Å²) in [5.74, 6) is -0.291. The molecule has 0 radical (unpaired) electrons. The number of rotatable bonds is 36. The van der Waals surface area contributed by atoms with E-state index in [4.69, 9.17) is 14.2 Å². The zero-order valence-electron chi connectivity index (χ0n) is 34.2. The molecule has 3 unspecified atom stereocenters. The molecule has 1 heterocycles. The molecule has 0 N–H and O–H groups in total. The molecule has 4 nitrogen and oxygen atoms in total. The van der Waals surface area contributed by atoms with Crippen molar-refractivity contribution < 1.29 is 14.2 Å². The smallest absolute Gasteiger partial charge is 0.280 e. The predicted molar refractivity (Wildman–Crippen MR) is 220 cm³/mol. The Labute approximate surface area is 312 Å². The van der Waals surface area contributed by atoms with Gasteiger partial charge >= 0.3 is 0 Å². The minimum atomic E-state index is -0.882. The largest absolute Gasteiger partial charge is 0.327 e. The monoisotopic (exact) mass is 700 g/mol. The van der Waals surface area contributed by atoms with Gasteiger partial charge in [-0.2, -0.15) is 0 Å². The second kappa shape index (κ2) is 34.9. The van der Waals surface area contributed by atoms with Crippen molar-refractivity contribution in [2.75, 3.05) is 33.9 Å². The maximum atomic E-state index is 6.37. The molecule has 0 saturated carbocycles. The van der Waals surface area contributed by atoms with Gasteiger partial charge in [-0.05, 0) is 103 Å². The maximum absolute atomic E-state index is 6.37. The van der Waals surface area contributed by atoms with Crippen LogP contribution in [0, 0.1) is 5.92 Å². The fraction of sp³-hybridized carbons (Fsp3) is 0.826. The van der Waals surface area contributed by atoms with Crippen LogP contribution in [0.15, 0.2) is 48.6 Å². The minimum Gasteiger partial charge on any atom is -0.327 e. The first-order valence-electron chi connectivity index (χ1n) is 21.7. The molecular weight excluding hydrogens is 615 g/mol. The van der Waals surface area contributed by atoms with E-state index in [9.17, 15) is 0 Å². The van der Waals surface area contributed by atoms with Gasteiger partial charge in [-0.3, -0.25) is 0 Å². The third-order valence-electron chi connectivity index (χ3n) is 10.0. The molecule has 1 aliphatic heterocycles. The third kappa shape index (κ3) is 30.4. The third-order valence-corrected chi connectivity index (χ3v) is 10.0. The molecule has 1 saturated heterocycles. The molecule has 0 aromatic carbocycles. The van der Waals surface area contributed by atoms with Crippen molar-refractivity contribution in [2.24, 2.45) is 5.92 Å². The van der Waals surface area contributed by atoms with Gasteiger partial charge in [0.15, 0.2) is 0 Å². The highest BCUT2D eigenvalue weighted by Gasteiger charge is 2.38. The van der Waals surface area contributed by atoms with Gasteiger partial charge in [-0.15, -0.1) is 0 Å². The Hall–Kier alpha value is -1.20. The summed E-state index contributed by atoms with van der Waals surface area (Å²) >= 11 is 0. The molecule has 1 aliphatic rings. The second-order valence-electron chi connectivity index (χ2n) is 15.4. The van der Waals surface area contributed by atoms with E-state index in [1.807, 2.05) is 6.92 Å². The Morgan fingerprint density at radius 1 is 0.600 bits per heavy atom. The van der Waals surface area contributed by atoms with Gasteiger partial charge in [-0.1, -0.05) is 152 Å². The SMILES string of the molecule is CCCCC/C=C\C/C=C\CCCCCCCCC(CCCCCCC/C=C\C/C=C\CCCCCC)COC1(C)OCC(CCN(C)C)O1. The van der Waals surface area contributed by atoms with Crippen LogP contribution in [-0.4, -0.2) is 50.8 Å². The molecule has 0 amide bonds. The molecular formula is C46H85NO3. The van der Waals surface area contributed by atoms with Crippen molar-refractivity contribution in [3.8, 4) is 0 Å². The second-order valence-corrected chi connectivity index (χ2v) is 15.4. The quantitative estimate of drug-likeness (QED) is 0.0481.